The summed E-state index contributed by atoms with van der Waals surface area (Å²) in [6, 6.07) is 7.84. The Morgan fingerprint density at radius 1 is 1.13 bits per heavy atom. The van der Waals surface area contributed by atoms with E-state index in [0.717, 1.165) is 46.7 Å². The van der Waals surface area contributed by atoms with Crippen molar-refractivity contribution < 1.29 is 0 Å². The van der Waals surface area contributed by atoms with Gasteiger partial charge in [0, 0.05) is 35.5 Å². The highest BCUT2D eigenvalue weighted by Gasteiger charge is 2.05. The van der Waals surface area contributed by atoms with E-state index in [9.17, 15) is 0 Å². The van der Waals surface area contributed by atoms with Crippen LogP contribution in [0.25, 0.3) is 0 Å². The number of rotatable bonds is 7. The second kappa shape index (κ2) is 7.86. The van der Waals surface area contributed by atoms with Crippen LogP contribution in [0.5, 0.6) is 0 Å². The highest BCUT2D eigenvalue weighted by atomic mass is 35.5. The molecule has 3 rings (SSSR count). The molecule has 0 aliphatic heterocycles. The van der Waals surface area contributed by atoms with Crippen LogP contribution in [0.15, 0.2) is 29.6 Å². The molecule has 0 saturated heterocycles. The summed E-state index contributed by atoms with van der Waals surface area (Å²) >= 11 is 9.23. The number of aryl methyl sites for hydroxylation is 2. The van der Waals surface area contributed by atoms with Crippen LogP contribution >= 0.6 is 34.3 Å². The lowest BCUT2D eigenvalue weighted by Crippen LogP contribution is -2.02. The van der Waals surface area contributed by atoms with Gasteiger partial charge in [0.2, 0.25) is 5.13 Å². The number of nitrogens with one attached hydrogen (secondary N) is 1. The van der Waals surface area contributed by atoms with Crippen LogP contribution < -0.4 is 5.32 Å². The highest BCUT2D eigenvalue weighted by Crippen LogP contribution is 2.20. The number of anilines is 1. The summed E-state index contributed by atoms with van der Waals surface area (Å²) in [5, 5.41) is 17.7. The molecule has 0 radical (unpaired) electrons. The molecule has 0 aliphatic carbocycles. The normalized spacial score (nSPS) is 10.9. The number of thiazole rings is 1. The van der Waals surface area contributed by atoms with Crippen LogP contribution in [0.2, 0.25) is 5.02 Å². The van der Waals surface area contributed by atoms with Crippen molar-refractivity contribution in [1.82, 2.24) is 15.2 Å². The van der Waals surface area contributed by atoms with Gasteiger partial charge in [-0.2, -0.15) is 0 Å². The van der Waals surface area contributed by atoms with Crippen molar-refractivity contribution in [3.63, 3.8) is 0 Å². The fraction of sp³-hybridized carbons (Fsp3) is 0.312. The molecule has 1 aromatic carbocycles. The zero-order valence-corrected chi connectivity index (χ0v) is 15.1. The van der Waals surface area contributed by atoms with Crippen LogP contribution in [0.4, 0.5) is 5.13 Å². The van der Waals surface area contributed by atoms with Crippen molar-refractivity contribution in [3.05, 3.63) is 55.9 Å². The average Bonchev–Trinajstić information content (AvgIpc) is 3.15. The molecule has 0 amide bonds. The van der Waals surface area contributed by atoms with E-state index in [0.29, 0.717) is 0 Å². The fourth-order valence-corrected chi connectivity index (χ4v) is 3.87. The summed E-state index contributed by atoms with van der Waals surface area (Å²) in [7, 11) is 0. The van der Waals surface area contributed by atoms with E-state index >= 15 is 0 Å². The second-order valence-electron chi connectivity index (χ2n) is 5.22. The number of benzene rings is 1. The molecule has 7 heteroatoms. The minimum Gasteiger partial charge on any atom is -0.360 e. The zero-order chi connectivity index (χ0) is 16.1. The summed E-state index contributed by atoms with van der Waals surface area (Å²) < 4.78 is 0. The molecule has 0 fully saturated rings. The standard InChI is InChI=1S/C16H17ClN4S2/c1-11-10-22-14(19-11)3-2-8-18-16-21-20-15(23-16)9-12-4-6-13(17)7-5-12/h4-7,10H,2-3,8-9H2,1H3,(H,18,21). The van der Waals surface area contributed by atoms with E-state index < -0.39 is 0 Å². The Bertz CT molecular complexity index is 752. The molecule has 0 saturated carbocycles. The summed E-state index contributed by atoms with van der Waals surface area (Å²) in [6.45, 7) is 2.91. The lowest BCUT2D eigenvalue weighted by atomic mass is 10.2. The molecule has 2 aromatic heterocycles. The van der Waals surface area contributed by atoms with Crippen LogP contribution in [0.1, 0.15) is 27.7 Å². The SMILES string of the molecule is Cc1csc(CCCNc2nnc(Cc3ccc(Cl)cc3)s2)n1. The first-order chi connectivity index (χ1) is 11.2. The molecule has 3 aromatic rings. The number of hydrogen-bond acceptors (Lipinski definition) is 6. The Morgan fingerprint density at radius 2 is 1.96 bits per heavy atom. The van der Waals surface area contributed by atoms with Gasteiger partial charge in [-0.25, -0.2) is 4.98 Å². The number of halogens is 1. The highest BCUT2D eigenvalue weighted by molar-refractivity contribution is 7.15. The maximum absolute atomic E-state index is 5.90. The minimum atomic E-state index is 0.754. The van der Waals surface area contributed by atoms with Crippen molar-refractivity contribution in [3.8, 4) is 0 Å². The van der Waals surface area contributed by atoms with Crippen LogP contribution in [0.3, 0.4) is 0 Å². The maximum atomic E-state index is 5.90. The van der Waals surface area contributed by atoms with Crippen molar-refractivity contribution in [2.75, 3.05) is 11.9 Å². The van der Waals surface area contributed by atoms with E-state index in [2.05, 4.69) is 25.9 Å². The van der Waals surface area contributed by atoms with E-state index in [-0.39, 0.29) is 0 Å². The monoisotopic (exact) mass is 364 g/mol. The van der Waals surface area contributed by atoms with Gasteiger partial charge < -0.3 is 5.32 Å². The van der Waals surface area contributed by atoms with Gasteiger partial charge in [0.1, 0.15) is 5.01 Å². The van der Waals surface area contributed by atoms with E-state index in [1.165, 1.54) is 10.6 Å². The quantitative estimate of drug-likeness (QED) is 0.623. The first-order valence-corrected chi connectivity index (χ1v) is 9.48. The number of hydrogen-bond donors (Lipinski definition) is 1. The van der Waals surface area contributed by atoms with Crippen molar-refractivity contribution >= 4 is 39.4 Å². The molecular formula is C16H17ClN4S2. The van der Waals surface area contributed by atoms with Crippen molar-refractivity contribution in [2.45, 2.75) is 26.2 Å². The lowest BCUT2D eigenvalue weighted by Gasteiger charge is -2.00. The Hall–Kier alpha value is -1.50. The van der Waals surface area contributed by atoms with Crippen LogP contribution in [-0.2, 0) is 12.8 Å². The van der Waals surface area contributed by atoms with Gasteiger partial charge in [0.25, 0.3) is 0 Å². The molecular weight excluding hydrogens is 348 g/mol. The van der Waals surface area contributed by atoms with E-state index in [1.54, 1.807) is 22.7 Å². The van der Waals surface area contributed by atoms with Crippen molar-refractivity contribution in [2.24, 2.45) is 0 Å². The first-order valence-electron chi connectivity index (χ1n) is 7.41. The Kier molecular flexibility index (Phi) is 5.59. The smallest absolute Gasteiger partial charge is 0.205 e. The molecule has 23 heavy (non-hydrogen) atoms. The fourth-order valence-electron chi connectivity index (χ4n) is 2.13. The molecule has 120 valence electrons. The predicted octanol–water partition coefficient (Wildman–Crippen LogP) is 4.59. The molecule has 1 N–H and O–H groups in total. The van der Waals surface area contributed by atoms with Gasteiger partial charge in [-0.3, -0.25) is 0 Å². The van der Waals surface area contributed by atoms with Gasteiger partial charge in [0.05, 0.1) is 5.01 Å². The predicted molar refractivity (Wildman–Crippen MR) is 97.8 cm³/mol. The molecule has 0 atom stereocenters. The topological polar surface area (TPSA) is 50.7 Å². The maximum Gasteiger partial charge on any atom is 0.205 e. The molecule has 0 spiro atoms. The Morgan fingerprint density at radius 3 is 2.70 bits per heavy atom. The van der Waals surface area contributed by atoms with Crippen molar-refractivity contribution in [1.29, 1.82) is 0 Å². The summed E-state index contributed by atoms with van der Waals surface area (Å²) in [6.07, 6.45) is 2.83. The second-order valence-corrected chi connectivity index (χ2v) is 7.66. The first kappa shape index (κ1) is 16.4. The third kappa shape index (κ3) is 4.99. The third-order valence-corrected chi connectivity index (χ3v) is 5.41. The molecule has 0 aliphatic rings. The van der Waals surface area contributed by atoms with Crippen LogP contribution in [0, 0.1) is 6.92 Å². The Labute approximate surface area is 148 Å². The molecule has 0 unspecified atom stereocenters. The average molecular weight is 365 g/mol. The molecule has 4 nitrogen and oxygen atoms in total. The lowest BCUT2D eigenvalue weighted by molar-refractivity contribution is 0.847. The molecule has 2 heterocycles. The Balaban J connectivity index is 1.44. The summed E-state index contributed by atoms with van der Waals surface area (Å²) in [5.41, 5.74) is 2.30. The minimum absolute atomic E-state index is 0.754. The van der Waals surface area contributed by atoms with Gasteiger partial charge >= 0.3 is 0 Å². The van der Waals surface area contributed by atoms with Gasteiger partial charge in [0.15, 0.2) is 0 Å². The molecule has 0 bridgehead atoms. The number of aromatic nitrogens is 3. The summed E-state index contributed by atoms with van der Waals surface area (Å²) in [5.74, 6) is 0. The van der Waals surface area contributed by atoms with E-state index in [4.69, 9.17) is 11.6 Å². The van der Waals surface area contributed by atoms with E-state index in [1.807, 2.05) is 31.2 Å². The third-order valence-electron chi connectivity index (χ3n) is 3.25. The number of nitrogens with zero attached hydrogens (tertiary/aromatic N) is 3. The van der Waals surface area contributed by atoms with Gasteiger partial charge in [-0.1, -0.05) is 35.1 Å². The van der Waals surface area contributed by atoms with Gasteiger partial charge in [-0.05, 0) is 31.0 Å². The van der Waals surface area contributed by atoms with Crippen LogP contribution in [-0.4, -0.2) is 21.7 Å². The largest absolute Gasteiger partial charge is 0.360 e. The van der Waals surface area contributed by atoms with Gasteiger partial charge in [-0.15, -0.1) is 21.5 Å². The zero-order valence-electron chi connectivity index (χ0n) is 12.8. The summed E-state index contributed by atoms with van der Waals surface area (Å²) in [4.78, 5) is 4.47.